The van der Waals surface area contributed by atoms with Gasteiger partial charge in [-0.25, -0.2) is 0 Å². The van der Waals surface area contributed by atoms with Crippen LogP contribution in [0, 0.1) is 0 Å². The summed E-state index contributed by atoms with van der Waals surface area (Å²) in [6.07, 6.45) is 3.60. The first-order valence-electron chi connectivity index (χ1n) is 7.87. The molecular formula is C18H22BrNO. The van der Waals surface area contributed by atoms with Crippen molar-refractivity contribution in [2.24, 2.45) is 0 Å². The third-order valence-corrected chi connectivity index (χ3v) is 4.92. The minimum atomic E-state index is 0.240. The van der Waals surface area contributed by atoms with Gasteiger partial charge in [0, 0.05) is 5.56 Å². The van der Waals surface area contributed by atoms with E-state index in [1.165, 1.54) is 16.3 Å². The normalized spacial score (nSPS) is 20.5. The summed E-state index contributed by atoms with van der Waals surface area (Å²) in [6.45, 7) is 5.45. The SMILES string of the molecule is CCCNC1c2cc3ccccc3c(Br)c2OC1CCC. The average molecular weight is 348 g/mol. The summed E-state index contributed by atoms with van der Waals surface area (Å²) in [6, 6.07) is 11.1. The van der Waals surface area contributed by atoms with E-state index in [1.54, 1.807) is 0 Å². The van der Waals surface area contributed by atoms with Crippen molar-refractivity contribution in [3.05, 3.63) is 40.4 Å². The highest BCUT2D eigenvalue weighted by atomic mass is 79.9. The molecule has 0 aliphatic carbocycles. The van der Waals surface area contributed by atoms with Crippen LogP contribution in [-0.4, -0.2) is 12.6 Å². The van der Waals surface area contributed by atoms with E-state index < -0.39 is 0 Å². The molecule has 112 valence electrons. The summed E-state index contributed by atoms with van der Waals surface area (Å²) in [5.74, 6) is 1.03. The molecule has 0 fully saturated rings. The van der Waals surface area contributed by atoms with Gasteiger partial charge in [-0.1, -0.05) is 44.5 Å². The van der Waals surface area contributed by atoms with Crippen LogP contribution < -0.4 is 10.1 Å². The van der Waals surface area contributed by atoms with E-state index in [-0.39, 0.29) is 6.10 Å². The molecule has 0 spiro atoms. The van der Waals surface area contributed by atoms with Gasteiger partial charge >= 0.3 is 0 Å². The van der Waals surface area contributed by atoms with Crippen LogP contribution in [0.1, 0.15) is 44.7 Å². The summed E-state index contributed by atoms with van der Waals surface area (Å²) in [5, 5.41) is 6.16. The van der Waals surface area contributed by atoms with Gasteiger partial charge in [-0.05, 0) is 52.2 Å². The number of nitrogens with one attached hydrogen (secondary N) is 1. The zero-order chi connectivity index (χ0) is 14.8. The smallest absolute Gasteiger partial charge is 0.139 e. The van der Waals surface area contributed by atoms with Gasteiger partial charge in [-0.15, -0.1) is 0 Å². The van der Waals surface area contributed by atoms with Crippen molar-refractivity contribution < 1.29 is 4.74 Å². The lowest BCUT2D eigenvalue weighted by atomic mass is 9.97. The lowest BCUT2D eigenvalue weighted by molar-refractivity contribution is 0.177. The molecule has 1 N–H and O–H groups in total. The Morgan fingerprint density at radius 3 is 2.76 bits per heavy atom. The van der Waals surface area contributed by atoms with Crippen molar-refractivity contribution in [3.63, 3.8) is 0 Å². The third-order valence-electron chi connectivity index (χ3n) is 4.13. The number of ether oxygens (including phenoxy) is 1. The van der Waals surface area contributed by atoms with E-state index in [2.05, 4.69) is 65.4 Å². The number of hydrogen-bond acceptors (Lipinski definition) is 2. The quantitative estimate of drug-likeness (QED) is 0.801. The second-order valence-corrected chi connectivity index (χ2v) is 6.50. The van der Waals surface area contributed by atoms with Crippen molar-refractivity contribution in [1.82, 2.24) is 5.32 Å². The lowest BCUT2D eigenvalue weighted by Gasteiger charge is -2.19. The summed E-state index contributed by atoms with van der Waals surface area (Å²) in [5.41, 5.74) is 1.30. The highest BCUT2D eigenvalue weighted by molar-refractivity contribution is 9.10. The summed E-state index contributed by atoms with van der Waals surface area (Å²) >= 11 is 3.75. The fraction of sp³-hybridized carbons (Fsp3) is 0.444. The molecule has 1 aliphatic rings. The number of fused-ring (bicyclic) bond motifs is 2. The van der Waals surface area contributed by atoms with Crippen molar-refractivity contribution in [2.45, 2.75) is 45.3 Å². The largest absolute Gasteiger partial charge is 0.487 e. The number of benzene rings is 2. The zero-order valence-corrected chi connectivity index (χ0v) is 14.2. The molecule has 2 aromatic rings. The molecule has 1 heterocycles. The first-order chi connectivity index (χ1) is 10.3. The Labute approximate surface area is 135 Å². The lowest BCUT2D eigenvalue weighted by Crippen LogP contribution is -2.31. The van der Waals surface area contributed by atoms with Gasteiger partial charge in [0.05, 0.1) is 10.5 Å². The van der Waals surface area contributed by atoms with Gasteiger partial charge in [-0.2, -0.15) is 0 Å². The Morgan fingerprint density at radius 1 is 1.19 bits per heavy atom. The van der Waals surface area contributed by atoms with Gasteiger partial charge in [0.2, 0.25) is 0 Å². The monoisotopic (exact) mass is 347 g/mol. The Morgan fingerprint density at radius 2 is 2.00 bits per heavy atom. The standard InChI is InChI=1S/C18H22BrNO/c1-3-7-15-17(20-10-4-2)14-11-12-8-5-6-9-13(12)16(19)18(14)21-15/h5-6,8-9,11,15,17,20H,3-4,7,10H2,1-2H3. The molecule has 0 bridgehead atoms. The van der Waals surface area contributed by atoms with Gasteiger partial charge in [0.1, 0.15) is 11.9 Å². The first-order valence-corrected chi connectivity index (χ1v) is 8.66. The Hall–Kier alpha value is -1.06. The van der Waals surface area contributed by atoms with Crippen LogP contribution in [0.3, 0.4) is 0 Å². The fourth-order valence-electron chi connectivity index (χ4n) is 3.13. The van der Waals surface area contributed by atoms with E-state index in [9.17, 15) is 0 Å². The average Bonchev–Trinajstić information content (AvgIpc) is 2.84. The first kappa shape index (κ1) is 14.9. The van der Waals surface area contributed by atoms with Crippen molar-refractivity contribution in [3.8, 4) is 5.75 Å². The summed E-state index contributed by atoms with van der Waals surface area (Å²) in [4.78, 5) is 0. The molecule has 1 aliphatic heterocycles. The van der Waals surface area contributed by atoms with Crippen LogP contribution in [0.4, 0.5) is 0 Å². The van der Waals surface area contributed by atoms with Crippen LogP contribution in [0.15, 0.2) is 34.8 Å². The minimum Gasteiger partial charge on any atom is -0.487 e. The molecular weight excluding hydrogens is 326 g/mol. The van der Waals surface area contributed by atoms with Crippen LogP contribution >= 0.6 is 15.9 Å². The molecule has 0 amide bonds. The predicted molar refractivity (Wildman–Crippen MR) is 92.0 cm³/mol. The number of halogens is 1. The maximum atomic E-state index is 6.29. The van der Waals surface area contributed by atoms with E-state index >= 15 is 0 Å². The molecule has 3 rings (SSSR count). The maximum absolute atomic E-state index is 6.29. The van der Waals surface area contributed by atoms with E-state index in [0.717, 1.165) is 36.0 Å². The number of hydrogen-bond donors (Lipinski definition) is 1. The fourth-order valence-corrected chi connectivity index (χ4v) is 3.81. The summed E-state index contributed by atoms with van der Waals surface area (Å²) in [7, 11) is 0. The zero-order valence-electron chi connectivity index (χ0n) is 12.7. The van der Waals surface area contributed by atoms with E-state index in [0.29, 0.717) is 6.04 Å². The second kappa shape index (κ2) is 6.37. The van der Waals surface area contributed by atoms with E-state index in [4.69, 9.17) is 4.74 Å². The minimum absolute atomic E-state index is 0.240. The molecule has 2 aromatic carbocycles. The molecule has 3 heteroatoms. The number of rotatable bonds is 5. The molecule has 21 heavy (non-hydrogen) atoms. The van der Waals surface area contributed by atoms with Gasteiger partial charge < -0.3 is 10.1 Å². The highest BCUT2D eigenvalue weighted by Gasteiger charge is 2.35. The van der Waals surface area contributed by atoms with Crippen LogP contribution in [0.25, 0.3) is 10.8 Å². The molecule has 2 atom stereocenters. The molecule has 2 unspecified atom stereocenters. The van der Waals surface area contributed by atoms with Crippen LogP contribution in [0.5, 0.6) is 5.75 Å². The Bertz CT molecular complexity index is 640. The van der Waals surface area contributed by atoms with E-state index in [1.807, 2.05) is 0 Å². The van der Waals surface area contributed by atoms with Gasteiger partial charge in [0.15, 0.2) is 0 Å². The van der Waals surface area contributed by atoms with Gasteiger partial charge in [-0.3, -0.25) is 0 Å². The second-order valence-electron chi connectivity index (χ2n) is 5.71. The topological polar surface area (TPSA) is 21.3 Å². The predicted octanol–water partition coefficient (Wildman–Crippen LogP) is 5.20. The molecule has 0 aromatic heterocycles. The third kappa shape index (κ3) is 2.69. The maximum Gasteiger partial charge on any atom is 0.139 e. The van der Waals surface area contributed by atoms with Crippen molar-refractivity contribution in [2.75, 3.05) is 6.54 Å². The van der Waals surface area contributed by atoms with Crippen molar-refractivity contribution in [1.29, 1.82) is 0 Å². The Balaban J connectivity index is 2.06. The molecule has 2 nitrogen and oxygen atoms in total. The summed E-state index contributed by atoms with van der Waals surface area (Å²) < 4.78 is 7.38. The Kier molecular flexibility index (Phi) is 4.51. The molecule has 0 saturated carbocycles. The van der Waals surface area contributed by atoms with Gasteiger partial charge in [0.25, 0.3) is 0 Å². The molecule has 0 saturated heterocycles. The van der Waals surface area contributed by atoms with Crippen LogP contribution in [0.2, 0.25) is 0 Å². The highest BCUT2D eigenvalue weighted by Crippen LogP contribution is 2.46. The molecule has 0 radical (unpaired) electrons. The van der Waals surface area contributed by atoms with Crippen molar-refractivity contribution >= 4 is 26.7 Å². The van der Waals surface area contributed by atoms with Crippen LogP contribution in [-0.2, 0) is 0 Å².